The van der Waals surface area contributed by atoms with Gasteiger partial charge in [-0.1, -0.05) is 53.3 Å². The van der Waals surface area contributed by atoms with Gasteiger partial charge in [0.2, 0.25) is 0 Å². The number of hydrogen-bond acceptors (Lipinski definition) is 9. The summed E-state index contributed by atoms with van der Waals surface area (Å²) in [6, 6.07) is 17.5. The number of aromatic nitrogens is 1. The maximum Gasteiger partial charge on any atom is 0.338 e. The van der Waals surface area contributed by atoms with Gasteiger partial charge in [-0.2, -0.15) is 0 Å². The molecule has 1 aliphatic rings. The summed E-state index contributed by atoms with van der Waals surface area (Å²) in [6.07, 6.45) is 1.78. The molecule has 0 radical (unpaired) electrons. The highest BCUT2D eigenvalue weighted by molar-refractivity contribution is 7.07. The number of rotatable bonds is 12. The van der Waals surface area contributed by atoms with Gasteiger partial charge in [0.15, 0.2) is 27.8 Å². The van der Waals surface area contributed by atoms with Gasteiger partial charge in [0.05, 0.1) is 42.7 Å². The first-order chi connectivity index (χ1) is 22.3. The molecule has 240 valence electrons. The molecule has 46 heavy (non-hydrogen) atoms. The van der Waals surface area contributed by atoms with E-state index in [1.807, 2.05) is 62.4 Å². The molecule has 5 rings (SSSR count). The molecule has 0 aliphatic carbocycles. The molecule has 2 heterocycles. The molecule has 4 aromatic rings. The number of nitrogens with zero attached hydrogens (tertiary/aromatic N) is 2. The summed E-state index contributed by atoms with van der Waals surface area (Å²) in [7, 11) is 1.55. The van der Waals surface area contributed by atoms with E-state index in [9.17, 15) is 9.59 Å². The lowest BCUT2D eigenvalue weighted by Crippen LogP contribution is -2.40. The summed E-state index contributed by atoms with van der Waals surface area (Å²) in [4.78, 5) is 32.7. The normalized spacial score (nSPS) is 14.4. The number of allylic oxidation sites excluding steroid dienone is 1. The third-order valence-electron chi connectivity index (χ3n) is 7.20. The monoisotopic (exact) mass is 662 g/mol. The lowest BCUT2D eigenvalue weighted by molar-refractivity contribution is -0.139. The van der Waals surface area contributed by atoms with E-state index >= 15 is 0 Å². The van der Waals surface area contributed by atoms with Crippen LogP contribution in [0.25, 0.3) is 6.08 Å². The fourth-order valence-corrected chi connectivity index (χ4v) is 6.36. The van der Waals surface area contributed by atoms with Crippen LogP contribution in [0, 0.1) is 0 Å². The standard InChI is InChI=1S/C35H35ClN2O7S/c1-6-42-28-18-23(14-17-26(28)45-20-22-12-15-24(36)16-13-22)19-29-33(39)38-31(25-10-9-11-27(41-5)32(25)43-7-2)30(34(40)44-8-3)21(4)37-35(38)46-29/h9-19,31H,6-8,20H2,1-5H3/b29-19+/t31-/m1/s1. The van der Waals surface area contributed by atoms with Crippen molar-refractivity contribution in [3.63, 3.8) is 0 Å². The molecule has 1 aliphatic heterocycles. The summed E-state index contributed by atoms with van der Waals surface area (Å²) in [5.41, 5.74) is 2.70. The van der Waals surface area contributed by atoms with E-state index in [1.165, 1.54) is 15.9 Å². The Balaban J connectivity index is 1.60. The quantitative estimate of drug-likeness (QED) is 0.176. The number of ether oxygens (including phenoxy) is 5. The Morgan fingerprint density at radius 2 is 1.72 bits per heavy atom. The van der Waals surface area contributed by atoms with Crippen molar-refractivity contribution in [1.29, 1.82) is 0 Å². The smallest absolute Gasteiger partial charge is 0.338 e. The lowest BCUT2D eigenvalue weighted by atomic mass is 9.94. The first-order valence-corrected chi connectivity index (χ1v) is 16.1. The van der Waals surface area contributed by atoms with Crippen molar-refractivity contribution in [2.45, 2.75) is 40.3 Å². The van der Waals surface area contributed by atoms with Crippen LogP contribution in [0.3, 0.4) is 0 Å². The second-order valence-electron chi connectivity index (χ2n) is 10.2. The summed E-state index contributed by atoms with van der Waals surface area (Å²) >= 11 is 7.24. The number of halogens is 1. The van der Waals surface area contributed by atoms with Gasteiger partial charge in [-0.05, 0) is 75.2 Å². The van der Waals surface area contributed by atoms with Crippen LogP contribution < -0.4 is 33.8 Å². The number of fused-ring (bicyclic) bond motifs is 1. The summed E-state index contributed by atoms with van der Waals surface area (Å²) in [5, 5.41) is 0.658. The van der Waals surface area contributed by atoms with E-state index in [-0.39, 0.29) is 17.7 Å². The van der Waals surface area contributed by atoms with Crippen molar-refractivity contribution in [1.82, 2.24) is 4.57 Å². The van der Waals surface area contributed by atoms with Gasteiger partial charge >= 0.3 is 5.97 Å². The number of para-hydroxylation sites is 1. The molecule has 0 N–H and O–H groups in total. The van der Waals surface area contributed by atoms with E-state index in [4.69, 9.17) is 35.3 Å². The average Bonchev–Trinajstić information content (AvgIpc) is 3.35. The molecule has 3 aromatic carbocycles. The van der Waals surface area contributed by atoms with E-state index in [1.54, 1.807) is 39.2 Å². The number of benzene rings is 3. The van der Waals surface area contributed by atoms with Crippen molar-refractivity contribution in [3.8, 4) is 23.0 Å². The summed E-state index contributed by atoms with van der Waals surface area (Å²) in [6.45, 7) is 8.53. The number of carbonyl (C=O) groups is 1. The second-order valence-corrected chi connectivity index (χ2v) is 11.6. The van der Waals surface area contributed by atoms with Crippen LogP contribution in [0.4, 0.5) is 0 Å². The highest BCUT2D eigenvalue weighted by atomic mass is 35.5. The number of thiazole rings is 1. The minimum Gasteiger partial charge on any atom is -0.493 e. The molecule has 9 nitrogen and oxygen atoms in total. The van der Waals surface area contributed by atoms with Gasteiger partial charge in [0.1, 0.15) is 12.6 Å². The minimum atomic E-state index is -0.850. The third kappa shape index (κ3) is 6.83. The SMILES string of the molecule is CCOC(=O)C1=C(C)N=c2s/c(=C/c3ccc(OCc4ccc(Cl)cc4)c(OCC)c3)c(=O)n2[C@@H]1c1cccc(OC)c1OCC. The fraction of sp³-hybridized carbons (Fsp3) is 0.286. The van der Waals surface area contributed by atoms with Crippen LogP contribution in [-0.4, -0.2) is 37.5 Å². The van der Waals surface area contributed by atoms with Crippen LogP contribution in [0.15, 0.2) is 81.7 Å². The Hall–Kier alpha value is -4.54. The Kier molecular flexibility index (Phi) is 10.5. The number of methoxy groups -OCH3 is 1. The molecular formula is C35H35ClN2O7S. The predicted molar refractivity (Wildman–Crippen MR) is 178 cm³/mol. The number of hydrogen-bond donors (Lipinski definition) is 0. The maximum absolute atomic E-state index is 14.2. The predicted octanol–water partition coefficient (Wildman–Crippen LogP) is 5.84. The van der Waals surface area contributed by atoms with Crippen molar-refractivity contribution in [2.75, 3.05) is 26.9 Å². The second kappa shape index (κ2) is 14.7. The first-order valence-electron chi connectivity index (χ1n) is 14.9. The van der Waals surface area contributed by atoms with Gasteiger partial charge in [-0.3, -0.25) is 9.36 Å². The zero-order valence-corrected chi connectivity index (χ0v) is 27.9. The summed E-state index contributed by atoms with van der Waals surface area (Å²) in [5.74, 6) is 1.50. The molecular weight excluding hydrogens is 628 g/mol. The topological polar surface area (TPSA) is 97.6 Å². The Morgan fingerprint density at radius 1 is 0.957 bits per heavy atom. The third-order valence-corrected chi connectivity index (χ3v) is 8.44. The van der Waals surface area contributed by atoms with E-state index in [0.717, 1.165) is 11.1 Å². The average molecular weight is 663 g/mol. The molecule has 1 aromatic heterocycles. The van der Waals surface area contributed by atoms with Crippen LogP contribution in [0.1, 0.15) is 50.4 Å². The first kappa shape index (κ1) is 32.8. The van der Waals surface area contributed by atoms with Crippen molar-refractivity contribution in [2.24, 2.45) is 4.99 Å². The summed E-state index contributed by atoms with van der Waals surface area (Å²) < 4.78 is 31.0. The van der Waals surface area contributed by atoms with Crippen LogP contribution >= 0.6 is 22.9 Å². The zero-order valence-electron chi connectivity index (χ0n) is 26.3. The van der Waals surface area contributed by atoms with Gasteiger partial charge in [-0.25, -0.2) is 9.79 Å². The van der Waals surface area contributed by atoms with Crippen LogP contribution in [-0.2, 0) is 16.1 Å². The largest absolute Gasteiger partial charge is 0.493 e. The molecule has 0 bridgehead atoms. The van der Waals surface area contributed by atoms with Gasteiger partial charge < -0.3 is 23.7 Å². The van der Waals surface area contributed by atoms with Crippen molar-refractivity contribution in [3.05, 3.63) is 113 Å². The molecule has 0 saturated carbocycles. The minimum absolute atomic E-state index is 0.171. The molecule has 0 spiro atoms. The Morgan fingerprint density at radius 3 is 2.41 bits per heavy atom. The molecule has 0 saturated heterocycles. The molecule has 0 fully saturated rings. The Labute approximate surface area is 275 Å². The Bertz CT molecular complexity index is 1950. The van der Waals surface area contributed by atoms with Crippen LogP contribution in [0.5, 0.6) is 23.0 Å². The highest BCUT2D eigenvalue weighted by Gasteiger charge is 2.36. The highest BCUT2D eigenvalue weighted by Crippen LogP contribution is 2.41. The molecule has 0 amide bonds. The number of esters is 1. The molecule has 1 atom stereocenters. The lowest BCUT2D eigenvalue weighted by Gasteiger charge is -2.26. The van der Waals surface area contributed by atoms with Crippen molar-refractivity contribution >= 4 is 35.0 Å². The van der Waals surface area contributed by atoms with Crippen molar-refractivity contribution < 1.29 is 28.5 Å². The van der Waals surface area contributed by atoms with Gasteiger partial charge in [-0.15, -0.1) is 0 Å². The van der Waals surface area contributed by atoms with E-state index < -0.39 is 12.0 Å². The zero-order chi connectivity index (χ0) is 32.8. The van der Waals surface area contributed by atoms with Gasteiger partial charge in [0.25, 0.3) is 5.56 Å². The van der Waals surface area contributed by atoms with E-state index in [0.29, 0.717) is 68.4 Å². The van der Waals surface area contributed by atoms with Crippen LogP contribution in [0.2, 0.25) is 5.02 Å². The maximum atomic E-state index is 14.2. The molecule has 11 heteroatoms. The van der Waals surface area contributed by atoms with Gasteiger partial charge in [0, 0.05) is 10.6 Å². The number of carbonyl (C=O) groups excluding carboxylic acids is 1. The molecule has 0 unspecified atom stereocenters. The van der Waals surface area contributed by atoms with E-state index in [2.05, 4.69) is 4.99 Å². The fourth-order valence-electron chi connectivity index (χ4n) is 5.19.